The minimum absolute atomic E-state index is 0.203. The fourth-order valence-corrected chi connectivity index (χ4v) is 3.56. The molecule has 0 saturated heterocycles. The number of nitrogens with one attached hydrogen (secondary N) is 1. The highest BCUT2D eigenvalue weighted by atomic mass is 16.2. The van der Waals surface area contributed by atoms with E-state index in [1.807, 2.05) is 49.4 Å². The molecule has 4 rings (SSSR count). The first-order valence-corrected chi connectivity index (χ1v) is 10.1. The standard InChI is InChI=1S/C24H22N4O3/c1-2-27-20-8-3-4-9-21(20)28(24(31)23(27)30)16-17-10-12-18(13-11-17)22(29)26-15-19-7-5-6-14-25-19/h3-14H,2,15-16H2,1H3,(H,26,29). The monoisotopic (exact) mass is 414 g/mol. The summed E-state index contributed by atoms with van der Waals surface area (Å²) >= 11 is 0. The van der Waals surface area contributed by atoms with Crippen LogP contribution >= 0.6 is 0 Å². The smallest absolute Gasteiger partial charge is 0.317 e. The van der Waals surface area contributed by atoms with Crippen molar-refractivity contribution in [3.05, 3.63) is 110 Å². The Bertz CT molecular complexity index is 1340. The van der Waals surface area contributed by atoms with Gasteiger partial charge in [-0.15, -0.1) is 0 Å². The van der Waals surface area contributed by atoms with Crippen molar-refractivity contribution >= 4 is 16.9 Å². The predicted molar refractivity (Wildman–Crippen MR) is 119 cm³/mol. The Morgan fingerprint density at radius 3 is 2.16 bits per heavy atom. The van der Waals surface area contributed by atoms with E-state index in [1.165, 1.54) is 9.13 Å². The number of pyridine rings is 1. The molecule has 2 aromatic heterocycles. The second-order valence-electron chi connectivity index (χ2n) is 7.13. The molecule has 1 N–H and O–H groups in total. The van der Waals surface area contributed by atoms with E-state index < -0.39 is 11.1 Å². The van der Waals surface area contributed by atoms with Gasteiger partial charge >= 0.3 is 11.1 Å². The normalized spacial score (nSPS) is 10.9. The molecule has 2 aromatic carbocycles. The van der Waals surface area contributed by atoms with E-state index in [0.29, 0.717) is 24.2 Å². The van der Waals surface area contributed by atoms with Gasteiger partial charge in [-0.2, -0.15) is 0 Å². The molecule has 0 fully saturated rings. The molecule has 0 aliphatic carbocycles. The number of aromatic nitrogens is 3. The maximum Gasteiger partial charge on any atom is 0.317 e. The van der Waals surface area contributed by atoms with Gasteiger partial charge in [-0.05, 0) is 48.9 Å². The first-order valence-electron chi connectivity index (χ1n) is 10.1. The number of nitrogens with zero attached hydrogens (tertiary/aromatic N) is 3. The van der Waals surface area contributed by atoms with Crippen molar-refractivity contribution in [2.45, 2.75) is 26.6 Å². The van der Waals surface area contributed by atoms with Gasteiger partial charge < -0.3 is 9.88 Å². The lowest BCUT2D eigenvalue weighted by Gasteiger charge is -2.14. The van der Waals surface area contributed by atoms with Crippen LogP contribution in [0.2, 0.25) is 0 Å². The van der Waals surface area contributed by atoms with Gasteiger partial charge in [0.1, 0.15) is 0 Å². The summed E-state index contributed by atoms with van der Waals surface area (Å²) in [5, 5.41) is 2.84. The second kappa shape index (κ2) is 8.79. The molecule has 1 amide bonds. The maximum atomic E-state index is 12.7. The van der Waals surface area contributed by atoms with E-state index in [1.54, 1.807) is 30.5 Å². The zero-order valence-corrected chi connectivity index (χ0v) is 17.1. The molecule has 156 valence electrons. The van der Waals surface area contributed by atoms with E-state index in [0.717, 1.165) is 16.8 Å². The Morgan fingerprint density at radius 2 is 1.52 bits per heavy atom. The molecule has 0 spiro atoms. The van der Waals surface area contributed by atoms with Gasteiger partial charge in [0.25, 0.3) is 5.91 Å². The average Bonchev–Trinajstić information content (AvgIpc) is 2.82. The van der Waals surface area contributed by atoms with E-state index in [-0.39, 0.29) is 12.5 Å². The van der Waals surface area contributed by atoms with Crippen molar-refractivity contribution < 1.29 is 4.79 Å². The Balaban J connectivity index is 1.57. The number of hydrogen-bond acceptors (Lipinski definition) is 4. The third-order valence-electron chi connectivity index (χ3n) is 5.17. The highest BCUT2D eigenvalue weighted by Crippen LogP contribution is 2.13. The molecular weight excluding hydrogens is 392 g/mol. The number of rotatable bonds is 6. The molecule has 0 radical (unpaired) electrons. The molecule has 0 saturated carbocycles. The largest absolute Gasteiger partial charge is 0.346 e. The summed E-state index contributed by atoms with van der Waals surface area (Å²) in [5.41, 5.74) is 2.44. The van der Waals surface area contributed by atoms with E-state index in [4.69, 9.17) is 0 Å². The van der Waals surface area contributed by atoms with Gasteiger partial charge in [-0.3, -0.25) is 23.9 Å². The van der Waals surface area contributed by atoms with Crippen LogP contribution in [0.3, 0.4) is 0 Å². The van der Waals surface area contributed by atoms with Crippen LogP contribution in [0.25, 0.3) is 11.0 Å². The number of benzene rings is 2. The minimum atomic E-state index is -0.558. The highest BCUT2D eigenvalue weighted by Gasteiger charge is 2.13. The van der Waals surface area contributed by atoms with E-state index in [9.17, 15) is 14.4 Å². The maximum absolute atomic E-state index is 12.7. The molecule has 0 bridgehead atoms. The summed E-state index contributed by atoms with van der Waals surface area (Å²) in [4.78, 5) is 41.8. The van der Waals surface area contributed by atoms with Gasteiger partial charge in [0.15, 0.2) is 0 Å². The number of para-hydroxylation sites is 2. The quantitative estimate of drug-likeness (QED) is 0.492. The van der Waals surface area contributed by atoms with Crippen molar-refractivity contribution in [3.8, 4) is 0 Å². The minimum Gasteiger partial charge on any atom is -0.346 e. The lowest BCUT2D eigenvalue weighted by molar-refractivity contribution is 0.0950. The van der Waals surface area contributed by atoms with Crippen LogP contribution in [0.1, 0.15) is 28.5 Å². The zero-order chi connectivity index (χ0) is 21.8. The van der Waals surface area contributed by atoms with Gasteiger partial charge in [0.05, 0.1) is 29.8 Å². The molecule has 0 aliphatic rings. The first kappa shape index (κ1) is 20.3. The van der Waals surface area contributed by atoms with Crippen molar-refractivity contribution in [2.24, 2.45) is 0 Å². The van der Waals surface area contributed by atoms with Crippen molar-refractivity contribution in [1.82, 2.24) is 19.4 Å². The van der Waals surface area contributed by atoms with Crippen molar-refractivity contribution in [2.75, 3.05) is 0 Å². The fourth-order valence-electron chi connectivity index (χ4n) is 3.56. The summed E-state index contributed by atoms with van der Waals surface area (Å²) in [6.07, 6.45) is 1.68. The lowest BCUT2D eigenvalue weighted by atomic mass is 10.1. The number of hydrogen-bond donors (Lipinski definition) is 1. The van der Waals surface area contributed by atoms with Crippen LogP contribution in [-0.4, -0.2) is 20.0 Å². The molecule has 7 heteroatoms. The lowest BCUT2D eigenvalue weighted by Crippen LogP contribution is -2.41. The molecule has 0 atom stereocenters. The number of amides is 1. The van der Waals surface area contributed by atoms with Gasteiger partial charge in [-0.1, -0.05) is 30.3 Å². The molecule has 2 heterocycles. The van der Waals surface area contributed by atoms with Crippen LogP contribution in [-0.2, 0) is 19.6 Å². The van der Waals surface area contributed by atoms with Crippen molar-refractivity contribution in [1.29, 1.82) is 0 Å². The summed E-state index contributed by atoms with van der Waals surface area (Å²) in [7, 11) is 0. The Kier molecular flexibility index (Phi) is 5.75. The molecule has 7 nitrogen and oxygen atoms in total. The summed E-state index contributed by atoms with van der Waals surface area (Å²) in [6.45, 7) is 2.86. The summed E-state index contributed by atoms with van der Waals surface area (Å²) < 4.78 is 2.98. The third kappa shape index (κ3) is 4.16. The van der Waals surface area contributed by atoms with Crippen LogP contribution in [0.15, 0.2) is 82.5 Å². The van der Waals surface area contributed by atoms with Gasteiger partial charge in [0, 0.05) is 18.3 Å². The zero-order valence-electron chi connectivity index (χ0n) is 17.1. The molecule has 0 unspecified atom stereocenters. The van der Waals surface area contributed by atoms with E-state index in [2.05, 4.69) is 10.3 Å². The van der Waals surface area contributed by atoms with Crippen molar-refractivity contribution in [3.63, 3.8) is 0 Å². The second-order valence-corrected chi connectivity index (χ2v) is 7.13. The highest BCUT2D eigenvalue weighted by molar-refractivity contribution is 5.94. The Hall–Kier alpha value is -4.00. The fraction of sp³-hybridized carbons (Fsp3) is 0.167. The number of fused-ring (bicyclic) bond motifs is 1. The summed E-state index contributed by atoms with van der Waals surface area (Å²) in [6, 6.07) is 19.9. The van der Waals surface area contributed by atoms with Crippen LogP contribution < -0.4 is 16.4 Å². The SMILES string of the molecule is CCn1c(=O)c(=O)n(Cc2ccc(C(=O)NCc3ccccn3)cc2)c2ccccc21. The first-order chi connectivity index (χ1) is 15.1. The molecule has 31 heavy (non-hydrogen) atoms. The average molecular weight is 414 g/mol. The summed E-state index contributed by atoms with van der Waals surface area (Å²) in [5.74, 6) is -0.203. The Morgan fingerprint density at radius 1 is 0.871 bits per heavy atom. The van der Waals surface area contributed by atoms with E-state index >= 15 is 0 Å². The van der Waals surface area contributed by atoms with Crippen LogP contribution in [0.4, 0.5) is 0 Å². The third-order valence-corrected chi connectivity index (χ3v) is 5.17. The molecule has 4 aromatic rings. The predicted octanol–water partition coefficient (Wildman–Crippen LogP) is 2.56. The van der Waals surface area contributed by atoms with Crippen LogP contribution in [0.5, 0.6) is 0 Å². The number of carbonyl (C=O) groups excluding carboxylic acids is 1. The number of aryl methyl sites for hydroxylation is 1. The van der Waals surface area contributed by atoms with Gasteiger partial charge in [-0.25, -0.2) is 0 Å². The topological polar surface area (TPSA) is 86.0 Å². The Labute approximate surface area is 178 Å². The number of carbonyl (C=O) groups is 1. The van der Waals surface area contributed by atoms with Gasteiger partial charge in [0.2, 0.25) is 0 Å². The molecule has 0 aliphatic heterocycles. The molecular formula is C24H22N4O3. The van der Waals surface area contributed by atoms with Crippen LogP contribution in [0, 0.1) is 0 Å².